The van der Waals surface area contributed by atoms with E-state index in [-0.39, 0.29) is 12.5 Å². The fourth-order valence-corrected chi connectivity index (χ4v) is 4.27. The van der Waals surface area contributed by atoms with Gasteiger partial charge in [-0.1, -0.05) is 32.6 Å². The molecule has 0 aromatic carbocycles. The molecule has 3 rings (SSSR count). The van der Waals surface area contributed by atoms with Gasteiger partial charge < -0.3 is 14.2 Å². The molecule has 3 fully saturated rings. The predicted octanol–water partition coefficient (Wildman–Crippen LogP) is 3.40. The van der Waals surface area contributed by atoms with E-state index < -0.39 is 0 Å². The van der Waals surface area contributed by atoms with Gasteiger partial charge in [0.2, 0.25) is 0 Å². The van der Waals surface area contributed by atoms with Gasteiger partial charge in [-0.05, 0) is 31.6 Å². The van der Waals surface area contributed by atoms with Crippen LogP contribution in [0.4, 0.5) is 0 Å². The van der Waals surface area contributed by atoms with Crippen molar-refractivity contribution in [1.29, 1.82) is 0 Å². The summed E-state index contributed by atoms with van der Waals surface area (Å²) < 4.78 is 18.1. The molecular weight excluding hydrogens is 278 g/mol. The molecule has 3 aliphatic heterocycles. The third-order valence-corrected chi connectivity index (χ3v) is 5.70. The van der Waals surface area contributed by atoms with Crippen LogP contribution in [0.25, 0.3) is 0 Å². The first-order valence-electron chi connectivity index (χ1n) is 9.37. The highest BCUT2D eigenvalue weighted by Gasteiger charge is 2.40. The molecule has 0 aliphatic carbocycles. The number of morpholine rings is 1. The average Bonchev–Trinajstić information content (AvgIpc) is 2.56. The van der Waals surface area contributed by atoms with Crippen LogP contribution in [0, 0.1) is 11.8 Å². The average molecular weight is 311 g/mol. The summed E-state index contributed by atoms with van der Waals surface area (Å²) >= 11 is 0. The lowest BCUT2D eigenvalue weighted by atomic mass is 9.82. The Labute approximate surface area is 135 Å². The number of nitrogens with zero attached hydrogens (tertiary/aromatic N) is 1. The fourth-order valence-electron chi connectivity index (χ4n) is 4.27. The molecule has 5 atom stereocenters. The largest absolute Gasteiger partial charge is 0.379 e. The molecule has 0 radical (unpaired) electrons. The zero-order valence-corrected chi connectivity index (χ0v) is 14.3. The molecule has 0 saturated carbocycles. The molecule has 2 bridgehead atoms. The molecule has 0 N–H and O–H groups in total. The molecule has 0 aromatic heterocycles. The van der Waals surface area contributed by atoms with Gasteiger partial charge in [-0.3, -0.25) is 4.90 Å². The summed E-state index contributed by atoms with van der Waals surface area (Å²) in [5, 5.41) is 0. The summed E-state index contributed by atoms with van der Waals surface area (Å²) in [7, 11) is 0. The smallest absolute Gasteiger partial charge is 0.160 e. The minimum absolute atomic E-state index is 0.0119. The zero-order valence-electron chi connectivity index (χ0n) is 14.3. The van der Waals surface area contributed by atoms with Crippen LogP contribution in [0.1, 0.15) is 58.8 Å². The fraction of sp³-hybridized carbons (Fsp3) is 1.00. The predicted molar refractivity (Wildman–Crippen MR) is 86.6 cm³/mol. The Morgan fingerprint density at radius 1 is 0.864 bits per heavy atom. The topological polar surface area (TPSA) is 30.9 Å². The molecule has 0 aromatic rings. The molecule has 128 valence electrons. The van der Waals surface area contributed by atoms with Crippen LogP contribution in [0.3, 0.4) is 0 Å². The van der Waals surface area contributed by atoms with Crippen molar-refractivity contribution in [3.05, 3.63) is 0 Å². The van der Waals surface area contributed by atoms with E-state index in [0.29, 0.717) is 12.0 Å². The van der Waals surface area contributed by atoms with Gasteiger partial charge in [0.1, 0.15) is 6.23 Å². The first kappa shape index (κ1) is 16.7. The van der Waals surface area contributed by atoms with Gasteiger partial charge in [0, 0.05) is 19.5 Å². The van der Waals surface area contributed by atoms with E-state index >= 15 is 0 Å². The summed E-state index contributed by atoms with van der Waals surface area (Å²) in [5.41, 5.74) is 0. The number of fused-ring (bicyclic) bond motifs is 2. The lowest BCUT2D eigenvalue weighted by Gasteiger charge is -2.46. The maximum atomic E-state index is 6.40. The minimum atomic E-state index is -0.0119. The second-order valence-corrected chi connectivity index (χ2v) is 7.40. The Bertz CT molecular complexity index is 332. The van der Waals surface area contributed by atoms with Crippen molar-refractivity contribution in [2.45, 2.75) is 77.4 Å². The summed E-state index contributed by atoms with van der Waals surface area (Å²) in [6, 6.07) is 0. The quantitative estimate of drug-likeness (QED) is 0.742. The summed E-state index contributed by atoms with van der Waals surface area (Å²) in [5.74, 6) is 1.32. The number of ether oxygens (including phenoxy) is 3. The molecule has 3 saturated heterocycles. The molecule has 0 amide bonds. The van der Waals surface area contributed by atoms with E-state index in [1.165, 1.54) is 38.5 Å². The Morgan fingerprint density at radius 3 is 2.36 bits per heavy atom. The number of hydrogen-bond acceptors (Lipinski definition) is 4. The zero-order chi connectivity index (χ0) is 15.4. The Balaban J connectivity index is 1.69. The van der Waals surface area contributed by atoms with E-state index in [0.717, 1.165) is 38.6 Å². The van der Waals surface area contributed by atoms with Gasteiger partial charge in [0.05, 0.1) is 19.3 Å². The number of rotatable bonds is 1. The molecular formula is C18H33NO3. The minimum Gasteiger partial charge on any atom is -0.379 e. The lowest BCUT2D eigenvalue weighted by Crippen LogP contribution is -2.54. The molecule has 0 spiro atoms. The van der Waals surface area contributed by atoms with Crippen molar-refractivity contribution in [2.75, 3.05) is 26.3 Å². The van der Waals surface area contributed by atoms with Crippen molar-refractivity contribution >= 4 is 0 Å². The highest BCUT2D eigenvalue weighted by Crippen LogP contribution is 2.37. The second-order valence-electron chi connectivity index (χ2n) is 7.40. The van der Waals surface area contributed by atoms with Crippen LogP contribution in [-0.4, -0.2) is 49.8 Å². The van der Waals surface area contributed by atoms with Crippen molar-refractivity contribution in [2.24, 2.45) is 11.8 Å². The Kier molecular flexibility index (Phi) is 6.14. The molecule has 4 heteroatoms. The monoisotopic (exact) mass is 311 g/mol. The standard InChI is InChI=1S/C18H33NO3/c1-14-7-5-3-4-6-8-16-13-17(21-14)22-18(15(16)2)19-9-11-20-12-10-19/h14-18H,3-13H2,1-2H3/t14?,15?,16?,17?,18-/m1/s1. The first-order valence-corrected chi connectivity index (χ1v) is 9.37. The van der Waals surface area contributed by atoms with E-state index in [1.807, 2.05) is 0 Å². The maximum Gasteiger partial charge on any atom is 0.160 e. The van der Waals surface area contributed by atoms with Gasteiger partial charge in [0.25, 0.3) is 0 Å². The molecule has 22 heavy (non-hydrogen) atoms. The van der Waals surface area contributed by atoms with Gasteiger partial charge in [-0.25, -0.2) is 0 Å². The van der Waals surface area contributed by atoms with E-state index in [2.05, 4.69) is 18.7 Å². The molecule has 3 aliphatic rings. The summed E-state index contributed by atoms with van der Waals surface area (Å²) in [6.07, 6.45) is 9.49. The maximum absolute atomic E-state index is 6.40. The van der Waals surface area contributed by atoms with Crippen LogP contribution in [0.5, 0.6) is 0 Å². The Hall–Kier alpha value is -0.160. The van der Waals surface area contributed by atoms with E-state index in [4.69, 9.17) is 14.2 Å². The van der Waals surface area contributed by atoms with Crippen LogP contribution >= 0.6 is 0 Å². The van der Waals surface area contributed by atoms with E-state index in [9.17, 15) is 0 Å². The van der Waals surface area contributed by atoms with Crippen molar-refractivity contribution in [3.63, 3.8) is 0 Å². The van der Waals surface area contributed by atoms with Crippen molar-refractivity contribution in [1.82, 2.24) is 4.90 Å². The van der Waals surface area contributed by atoms with Crippen LogP contribution in [0.2, 0.25) is 0 Å². The normalized spacial score (nSPS) is 42.5. The van der Waals surface area contributed by atoms with E-state index in [1.54, 1.807) is 0 Å². The van der Waals surface area contributed by atoms with Crippen molar-refractivity contribution < 1.29 is 14.2 Å². The third-order valence-electron chi connectivity index (χ3n) is 5.70. The van der Waals surface area contributed by atoms with Crippen LogP contribution < -0.4 is 0 Å². The van der Waals surface area contributed by atoms with Gasteiger partial charge >= 0.3 is 0 Å². The lowest BCUT2D eigenvalue weighted by molar-refractivity contribution is -0.276. The SMILES string of the molecule is CC1CCCCCCC2CC(O1)O[C@@H](N1CCOCC1)C2C. The van der Waals surface area contributed by atoms with Crippen LogP contribution in [0.15, 0.2) is 0 Å². The third kappa shape index (κ3) is 4.22. The molecule has 4 nitrogen and oxygen atoms in total. The van der Waals surface area contributed by atoms with Crippen molar-refractivity contribution in [3.8, 4) is 0 Å². The Morgan fingerprint density at radius 2 is 1.59 bits per heavy atom. The van der Waals surface area contributed by atoms with Crippen LogP contribution in [-0.2, 0) is 14.2 Å². The highest BCUT2D eigenvalue weighted by atomic mass is 16.7. The van der Waals surface area contributed by atoms with Gasteiger partial charge in [-0.15, -0.1) is 0 Å². The molecule has 4 unspecified atom stereocenters. The molecule has 3 heterocycles. The second kappa shape index (κ2) is 8.09. The summed E-state index contributed by atoms with van der Waals surface area (Å²) in [6.45, 7) is 8.23. The number of hydrogen-bond donors (Lipinski definition) is 0. The summed E-state index contributed by atoms with van der Waals surface area (Å²) in [4.78, 5) is 2.47. The van der Waals surface area contributed by atoms with Gasteiger partial charge in [0.15, 0.2) is 6.29 Å². The first-order chi connectivity index (χ1) is 10.7. The van der Waals surface area contributed by atoms with Gasteiger partial charge in [-0.2, -0.15) is 0 Å². The highest BCUT2D eigenvalue weighted by molar-refractivity contribution is 4.83.